The van der Waals surface area contributed by atoms with Gasteiger partial charge in [0, 0.05) is 0 Å². The third kappa shape index (κ3) is 1.98. The summed E-state index contributed by atoms with van der Waals surface area (Å²) in [6.45, 7) is 4.52. The average molecular weight is 214 g/mol. The third-order valence-electron chi connectivity index (χ3n) is 3.15. The topological polar surface area (TPSA) is 0 Å². The van der Waals surface area contributed by atoms with Crippen molar-refractivity contribution in [3.05, 3.63) is 52.9 Å². The van der Waals surface area contributed by atoms with Gasteiger partial charge in [-0.3, -0.25) is 0 Å². The Morgan fingerprint density at radius 2 is 1.73 bits per heavy atom. The van der Waals surface area contributed by atoms with Crippen molar-refractivity contribution in [2.75, 3.05) is 0 Å². The Bertz CT molecular complexity index is 390. The monoisotopic (exact) mass is 214 g/mol. The highest BCUT2D eigenvalue weighted by Gasteiger charge is 2.14. The molecule has 2 rings (SSSR count). The van der Waals surface area contributed by atoms with E-state index in [1.807, 2.05) is 0 Å². The Labute approximate surface area is 93.9 Å². The molecule has 0 aromatic heterocycles. The maximum Gasteiger partial charge on any atom is 0.118 e. The van der Waals surface area contributed by atoms with Gasteiger partial charge in [0.15, 0.2) is 0 Å². The van der Waals surface area contributed by atoms with E-state index in [0.717, 1.165) is 6.42 Å². The Balaban J connectivity index is 2.45. The van der Waals surface area contributed by atoms with Gasteiger partial charge in [-0.2, -0.15) is 0 Å². The zero-order valence-electron chi connectivity index (χ0n) is 9.53. The summed E-state index contributed by atoms with van der Waals surface area (Å²) < 4.78 is 0. The summed E-state index contributed by atoms with van der Waals surface area (Å²) >= 11 is 0. The van der Waals surface area contributed by atoms with Crippen LogP contribution in [0.2, 0.25) is 0 Å². The van der Waals surface area contributed by atoms with Gasteiger partial charge in [-0.1, -0.05) is 60.8 Å². The van der Waals surface area contributed by atoms with Gasteiger partial charge in [-0.15, -0.1) is 0 Å². The van der Waals surface area contributed by atoms with E-state index in [4.69, 9.17) is 0 Å². The van der Waals surface area contributed by atoms with E-state index in [2.05, 4.69) is 55.6 Å². The maximum atomic E-state index is 2.41. The second-order valence-electron chi connectivity index (χ2n) is 3.99. The molecule has 0 radical (unpaired) electrons. The molecule has 0 atom stereocenters. The van der Waals surface area contributed by atoms with Crippen molar-refractivity contribution in [1.29, 1.82) is 0 Å². The Kier molecular flexibility index (Phi) is 3.22. The number of aryl methyl sites for hydroxylation is 1. The van der Waals surface area contributed by atoms with Gasteiger partial charge in [-0.25, -0.2) is 0 Å². The first-order valence-corrected chi connectivity index (χ1v) is 7.73. The predicted molar refractivity (Wildman–Crippen MR) is 70.3 cm³/mol. The predicted octanol–water partition coefficient (Wildman–Crippen LogP) is 2.45. The molecule has 0 spiro atoms. The highest BCUT2D eigenvalue weighted by atomic mass is 28.3. The molecule has 0 aliphatic carbocycles. The molecule has 0 fully saturated rings. The van der Waals surface area contributed by atoms with Crippen molar-refractivity contribution in [2.24, 2.45) is 0 Å². The van der Waals surface area contributed by atoms with Crippen LogP contribution in [-0.4, -0.2) is 8.80 Å². The number of allylic oxidation sites excluding steroid dienone is 2. The molecule has 0 amide bonds. The summed E-state index contributed by atoms with van der Waals surface area (Å²) in [5.74, 6) is 0. The lowest BCUT2D eigenvalue weighted by molar-refractivity contribution is 1.05. The van der Waals surface area contributed by atoms with Crippen LogP contribution in [0.1, 0.15) is 25.0 Å². The van der Waals surface area contributed by atoms with Crippen LogP contribution in [-0.2, 0) is 12.8 Å². The minimum absolute atomic E-state index is 0.899. The van der Waals surface area contributed by atoms with Crippen LogP contribution in [0.4, 0.5) is 0 Å². The van der Waals surface area contributed by atoms with Gasteiger partial charge in [0.1, 0.15) is 8.80 Å². The fraction of sp³-hybridized carbons (Fsp3) is 0.286. The van der Waals surface area contributed by atoms with Gasteiger partial charge in [0.05, 0.1) is 0 Å². The number of benzene rings is 1. The zero-order valence-corrected chi connectivity index (χ0v) is 10.7. The van der Waals surface area contributed by atoms with Crippen LogP contribution >= 0.6 is 0 Å². The number of rotatable bonds is 3. The van der Waals surface area contributed by atoms with E-state index in [1.54, 1.807) is 10.8 Å². The molecule has 0 N–H and O–H groups in total. The van der Waals surface area contributed by atoms with Crippen LogP contribution < -0.4 is 5.19 Å². The summed E-state index contributed by atoms with van der Waals surface area (Å²) in [5, 5.41) is 1.63. The molecule has 1 aliphatic rings. The second-order valence-corrected chi connectivity index (χ2v) is 6.43. The Morgan fingerprint density at radius 1 is 1.00 bits per heavy atom. The first-order valence-electron chi connectivity index (χ1n) is 5.82. The number of hydrogen-bond donors (Lipinski definition) is 0. The molecular weight excluding hydrogens is 196 g/mol. The molecule has 78 valence electrons. The fourth-order valence-electron chi connectivity index (χ4n) is 2.37. The molecule has 0 nitrogen and oxygen atoms in total. The van der Waals surface area contributed by atoms with E-state index >= 15 is 0 Å². The average Bonchev–Trinajstić information content (AvgIpc) is 2.81. The van der Waals surface area contributed by atoms with E-state index < -0.39 is 8.80 Å². The van der Waals surface area contributed by atoms with Crippen LogP contribution in [0.15, 0.2) is 41.7 Å². The van der Waals surface area contributed by atoms with Crippen molar-refractivity contribution in [3.63, 3.8) is 0 Å². The normalized spacial score (nSPS) is 15.1. The molecule has 0 saturated carbocycles. The summed E-state index contributed by atoms with van der Waals surface area (Å²) in [4.78, 5) is 0. The first-order chi connectivity index (χ1) is 7.36. The van der Waals surface area contributed by atoms with Gasteiger partial charge in [0.25, 0.3) is 0 Å². The SMILES string of the molecule is CCc1cccc([SiH]2C=CC=C2)c1CC. The summed E-state index contributed by atoms with van der Waals surface area (Å²) in [6.07, 6.45) is 6.74. The fourth-order valence-corrected chi connectivity index (χ4v) is 4.77. The molecule has 1 aromatic carbocycles. The van der Waals surface area contributed by atoms with Gasteiger partial charge < -0.3 is 0 Å². The van der Waals surface area contributed by atoms with Gasteiger partial charge >= 0.3 is 0 Å². The van der Waals surface area contributed by atoms with Crippen molar-refractivity contribution in [2.45, 2.75) is 26.7 Å². The Morgan fingerprint density at radius 3 is 2.33 bits per heavy atom. The summed E-state index contributed by atoms with van der Waals surface area (Å²) in [5.41, 5.74) is 7.96. The van der Waals surface area contributed by atoms with E-state index in [1.165, 1.54) is 12.0 Å². The summed E-state index contributed by atoms with van der Waals surface area (Å²) in [6, 6.07) is 6.83. The van der Waals surface area contributed by atoms with E-state index in [0.29, 0.717) is 0 Å². The first kappa shape index (κ1) is 10.4. The quantitative estimate of drug-likeness (QED) is 0.678. The minimum Gasteiger partial charge on any atom is -0.0893 e. The highest BCUT2D eigenvalue weighted by Crippen LogP contribution is 2.11. The Hall–Kier alpha value is -1.08. The lowest BCUT2D eigenvalue weighted by atomic mass is 10.0. The van der Waals surface area contributed by atoms with Gasteiger partial charge in [-0.05, 0) is 24.0 Å². The molecule has 1 heterocycles. The molecule has 0 unspecified atom stereocenters. The molecule has 1 aromatic rings. The molecule has 15 heavy (non-hydrogen) atoms. The minimum atomic E-state index is -0.899. The van der Waals surface area contributed by atoms with Gasteiger partial charge in [0.2, 0.25) is 0 Å². The maximum absolute atomic E-state index is 2.41. The number of hydrogen-bond acceptors (Lipinski definition) is 0. The smallest absolute Gasteiger partial charge is 0.0893 e. The van der Waals surface area contributed by atoms with Crippen LogP contribution in [0.25, 0.3) is 0 Å². The van der Waals surface area contributed by atoms with Crippen molar-refractivity contribution >= 4 is 14.0 Å². The second kappa shape index (κ2) is 4.62. The highest BCUT2D eigenvalue weighted by molar-refractivity contribution is 6.83. The largest absolute Gasteiger partial charge is 0.118 e. The lowest BCUT2D eigenvalue weighted by Crippen LogP contribution is -2.29. The van der Waals surface area contributed by atoms with Crippen LogP contribution in [0, 0.1) is 0 Å². The van der Waals surface area contributed by atoms with Crippen LogP contribution in [0.5, 0.6) is 0 Å². The standard InChI is InChI=1S/C14H18Si/c1-3-12-8-7-9-14(13(12)4-2)15-10-5-6-11-15/h5-11,15H,3-4H2,1-2H3. The lowest BCUT2D eigenvalue weighted by Gasteiger charge is -2.14. The molecule has 1 aliphatic heterocycles. The van der Waals surface area contributed by atoms with Crippen LogP contribution in [0.3, 0.4) is 0 Å². The molecule has 0 saturated heterocycles. The molecular formula is C14H18Si. The molecule has 0 bridgehead atoms. The van der Waals surface area contributed by atoms with Crippen molar-refractivity contribution < 1.29 is 0 Å². The summed E-state index contributed by atoms with van der Waals surface area (Å²) in [7, 11) is -0.899. The van der Waals surface area contributed by atoms with E-state index in [9.17, 15) is 0 Å². The third-order valence-corrected chi connectivity index (χ3v) is 5.68. The van der Waals surface area contributed by atoms with E-state index in [-0.39, 0.29) is 0 Å². The van der Waals surface area contributed by atoms with Crippen molar-refractivity contribution in [3.8, 4) is 0 Å². The van der Waals surface area contributed by atoms with Crippen molar-refractivity contribution in [1.82, 2.24) is 0 Å². The zero-order chi connectivity index (χ0) is 10.7. The molecule has 1 heteroatoms.